The Bertz CT molecular complexity index is 341. The topological polar surface area (TPSA) is 32.7 Å². The molecule has 4 heteroatoms. The van der Waals surface area contributed by atoms with Crippen LogP contribution >= 0.6 is 11.6 Å². The first-order chi connectivity index (χ1) is 7.74. The molecule has 16 heavy (non-hydrogen) atoms. The molecule has 1 N–H and O–H groups in total. The molecule has 2 atom stereocenters. The van der Waals surface area contributed by atoms with E-state index < -0.39 is 0 Å². The van der Waals surface area contributed by atoms with Crippen molar-refractivity contribution < 1.29 is 9.84 Å². The van der Waals surface area contributed by atoms with E-state index in [1.807, 2.05) is 24.3 Å². The Kier molecular flexibility index (Phi) is 3.82. The summed E-state index contributed by atoms with van der Waals surface area (Å²) >= 11 is 5.85. The molecule has 2 unspecified atom stereocenters. The predicted octanol–water partition coefficient (Wildman–Crippen LogP) is 2.05. The van der Waals surface area contributed by atoms with Crippen molar-refractivity contribution in [1.29, 1.82) is 0 Å². The monoisotopic (exact) mass is 241 g/mol. The lowest BCUT2D eigenvalue weighted by atomic mass is 10.2. The van der Waals surface area contributed by atoms with Gasteiger partial charge in [-0.3, -0.25) is 4.90 Å². The quantitative estimate of drug-likeness (QED) is 0.879. The van der Waals surface area contributed by atoms with Crippen molar-refractivity contribution in [2.45, 2.75) is 19.3 Å². The van der Waals surface area contributed by atoms with Crippen LogP contribution in [0.25, 0.3) is 0 Å². The van der Waals surface area contributed by atoms with Crippen molar-refractivity contribution in [3.05, 3.63) is 34.9 Å². The van der Waals surface area contributed by atoms with Crippen molar-refractivity contribution in [2.24, 2.45) is 0 Å². The van der Waals surface area contributed by atoms with Crippen LogP contribution in [0.2, 0.25) is 5.02 Å². The zero-order valence-corrected chi connectivity index (χ0v) is 10.0. The maximum atomic E-state index is 9.12. The highest BCUT2D eigenvalue weighted by molar-refractivity contribution is 6.30. The van der Waals surface area contributed by atoms with Gasteiger partial charge in [0.05, 0.1) is 12.7 Å². The molecule has 1 fully saturated rings. The Morgan fingerprint density at radius 3 is 2.69 bits per heavy atom. The summed E-state index contributed by atoms with van der Waals surface area (Å²) < 4.78 is 5.77. The van der Waals surface area contributed by atoms with Crippen molar-refractivity contribution in [2.75, 3.05) is 19.7 Å². The van der Waals surface area contributed by atoms with Gasteiger partial charge >= 0.3 is 0 Å². The fourth-order valence-corrected chi connectivity index (χ4v) is 2.11. The lowest BCUT2D eigenvalue weighted by molar-refractivity contribution is -0.0184. The van der Waals surface area contributed by atoms with Crippen molar-refractivity contribution >= 4 is 11.6 Å². The second kappa shape index (κ2) is 5.15. The number of nitrogens with zero attached hydrogens (tertiary/aromatic N) is 1. The number of rotatable bonds is 3. The molecule has 0 aromatic heterocycles. The lowest BCUT2D eigenvalue weighted by Gasteiger charge is -2.21. The maximum Gasteiger partial charge on any atom is 0.137 e. The third-order valence-electron chi connectivity index (χ3n) is 2.86. The Labute approximate surface area is 101 Å². The number of aliphatic hydroxyl groups excluding tert-OH is 1. The maximum absolute atomic E-state index is 9.12. The summed E-state index contributed by atoms with van der Waals surface area (Å²) in [6.07, 6.45) is -0.139. The minimum absolute atomic E-state index is 0.0561. The molecular formula is C12H16ClNO2. The van der Waals surface area contributed by atoms with E-state index in [1.54, 1.807) is 0 Å². The number of ether oxygens (including phenoxy) is 1. The van der Waals surface area contributed by atoms with E-state index in [0.717, 1.165) is 23.7 Å². The number of likely N-dealkylation sites (N-methyl/N-ethyl adjacent to an activating group) is 1. The molecule has 0 radical (unpaired) electrons. The number of aliphatic hydroxyl groups is 1. The molecule has 0 spiro atoms. The summed E-state index contributed by atoms with van der Waals surface area (Å²) in [5, 5.41) is 9.84. The first-order valence-corrected chi connectivity index (χ1v) is 5.88. The Morgan fingerprint density at radius 2 is 2.12 bits per heavy atom. The number of halogens is 1. The summed E-state index contributed by atoms with van der Waals surface area (Å²) in [5.74, 6) is 0. The molecule has 0 saturated carbocycles. The third-order valence-corrected chi connectivity index (χ3v) is 3.11. The molecule has 1 saturated heterocycles. The van der Waals surface area contributed by atoms with Crippen LogP contribution in [0.3, 0.4) is 0 Å². The molecule has 1 aromatic carbocycles. The second-order valence-electron chi connectivity index (χ2n) is 3.93. The molecule has 0 bridgehead atoms. The van der Waals surface area contributed by atoms with Gasteiger partial charge in [-0.05, 0) is 24.2 Å². The summed E-state index contributed by atoms with van der Waals surface area (Å²) in [6.45, 7) is 3.84. The smallest absolute Gasteiger partial charge is 0.137 e. The first kappa shape index (κ1) is 11.9. The van der Waals surface area contributed by atoms with E-state index in [4.69, 9.17) is 21.4 Å². The van der Waals surface area contributed by atoms with Crippen LogP contribution in [-0.2, 0) is 4.74 Å². The Hall–Kier alpha value is -0.610. The van der Waals surface area contributed by atoms with Crippen LogP contribution in [0.5, 0.6) is 0 Å². The highest BCUT2D eigenvalue weighted by Gasteiger charge is 2.32. The van der Waals surface area contributed by atoms with Gasteiger partial charge in [0.1, 0.15) is 6.23 Å². The standard InChI is InChI=1S/C12H16ClNO2/c1-2-14-7-11(8-15)16-12(14)9-3-5-10(13)6-4-9/h3-6,11-12,15H,2,7-8H2,1H3. The van der Waals surface area contributed by atoms with Crippen molar-refractivity contribution in [3.8, 4) is 0 Å². The van der Waals surface area contributed by atoms with Gasteiger partial charge in [-0.25, -0.2) is 0 Å². The predicted molar refractivity (Wildman–Crippen MR) is 63.4 cm³/mol. The number of benzene rings is 1. The SMILES string of the molecule is CCN1CC(CO)OC1c1ccc(Cl)cc1. The molecule has 1 aliphatic heterocycles. The second-order valence-corrected chi connectivity index (χ2v) is 4.37. The van der Waals surface area contributed by atoms with Gasteiger partial charge in [0.15, 0.2) is 0 Å². The summed E-state index contributed by atoms with van der Waals surface area (Å²) in [5.41, 5.74) is 1.09. The molecular weight excluding hydrogens is 226 g/mol. The highest BCUT2D eigenvalue weighted by Crippen LogP contribution is 2.30. The van der Waals surface area contributed by atoms with E-state index in [0.29, 0.717) is 0 Å². The molecule has 2 rings (SSSR count). The molecule has 1 heterocycles. The van der Waals surface area contributed by atoms with Gasteiger partial charge in [-0.15, -0.1) is 0 Å². The van der Waals surface area contributed by atoms with E-state index in [2.05, 4.69) is 11.8 Å². The van der Waals surface area contributed by atoms with Crippen LogP contribution in [0.15, 0.2) is 24.3 Å². The minimum atomic E-state index is -0.0828. The molecule has 0 aliphatic carbocycles. The van der Waals surface area contributed by atoms with Crippen LogP contribution in [-0.4, -0.2) is 35.8 Å². The van der Waals surface area contributed by atoms with Gasteiger partial charge in [-0.1, -0.05) is 30.7 Å². The summed E-state index contributed by atoms with van der Waals surface area (Å²) in [7, 11) is 0. The third kappa shape index (κ3) is 2.38. The minimum Gasteiger partial charge on any atom is -0.394 e. The normalized spacial score (nSPS) is 26.2. The van der Waals surface area contributed by atoms with Crippen LogP contribution in [0, 0.1) is 0 Å². The van der Waals surface area contributed by atoms with Crippen LogP contribution < -0.4 is 0 Å². The molecule has 3 nitrogen and oxygen atoms in total. The van der Waals surface area contributed by atoms with E-state index in [-0.39, 0.29) is 18.9 Å². The first-order valence-electron chi connectivity index (χ1n) is 5.50. The average molecular weight is 242 g/mol. The van der Waals surface area contributed by atoms with Crippen molar-refractivity contribution in [3.63, 3.8) is 0 Å². The molecule has 88 valence electrons. The number of hydrogen-bond donors (Lipinski definition) is 1. The largest absolute Gasteiger partial charge is 0.394 e. The Morgan fingerprint density at radius 1 is 1.44 bits per heavy atom. The summed E-state index contributed by atoms with van der Waals surface area (Å²) in [4.78, 5) is 2.20. The van der Waals surface area contributed by atoms with Gasteiger partial charge in [0.25, 0.3) is 0 Å². The van der Waals surface area contributed by atoms with Gasteiger partial charge < -0.3 is 9.84 Å². The zero-order valence-electron chi connectivity index (χ0n) is 9.27. The van der Waals surface area contributed by atoms with Gasteiger partial charge in [0.2, 0.25) is 0 Å². The van der Waals surface area contributed by atoms with Gasteiger partial charge in [0, 0.05) is 11.6 Å². The number of hydrogen-bond acceptors (Lipinski definition) is 3. The Balaban J connectivity index is 2.16. The molecule has 0 amide bonds. The zero-order chi connectivity index (χ0) is 11.5. The lowest BCUT2D eigenvalue weighted by Crippen LogP contribution is -2.25. The fraction of sp³-hybridized carbons (Fsp3) is 0.500. The average Bonchev–Trinajstić information content (AvgIpc) is 2.73. The highest BCUT2D eigenvalue weighted by atomic mass is 35.5. The molecule has 1 aliphatic rings. The van der Waals surface area contributed by atoms with E-state index in [9.17, 15) is 0 Å². The van der Waals surface area contributed by atoms with E-state index >= 15 is 0 Å². The van der Waals surface area contributed by atoms with Crippen LogP contribution in [0.4, 0.5) is 0 Å². The fourth-order valence-electron chi connectivity index (χ4n) is 1.98. The van der Waals surface area contributed by atoms with E-state index in [1.165, 1.54) is 0 Å². The van der Waals surface area contributed by atoms with Gasteiger partial charge in [-0.2, -0.15) is 0 Å². The van der Waals surface area contributed by atoms with Crippen molar-refractivity contribution in [1.82, 2.24) is 4.90 Å². The van der Waals surface area contributed by atoms with Crippen LogP contribution in [0.1, 0.15) is 18.7 Å². The summed E-state index contributed by atoms with van der Waals surface area (Å²) in [6, 6.07) is 7.66. The molecule has 1 aromatic rings.